The first-order valence-electron chi connectivity index (χ1n) is 6.87. The largest absolute Gasteiger partial charge is 0.497 e. The number of hydrogen-bond acceptors (Lipinski definition) is 2. The number of hydrogen-bond donors (Lipinski definition) is 1. The zero-order valence-corrected chi connectivity index (χ0v) is 12.4. The van der Waals surface area contributed by atoms with Crippen LogP contribution in [0.5, 0.6) is 5.75 Å². The van der Waals surface area contributed by atoms with E-state index in [0.29, 0.717) is 5.56 Å². The minimum Gasteiger partial charge on any atom is -0.497 e. The Labute approximate surface area is 123 Å². The van der Waals surface area contributed by atoms with Gasteiger partial charge in [-0.1, -0.05) is 12.1 Å². The van der Waals surface area contributed by atoms with Gasteiger partial charge < -0.3 is 9.72 Å². The summed E-state index contributed by atoms with van der Waals surface area (Å²) in [5, 5.41) is 0.971. The summed E-state index contributed by atoms with van der Waals surface area (Å²) in [7, 11) is 1.64. The monoisotopic (exact) mass is 279 g/mol. The number of aromatic nitrogens is 1. The number of carbonyl (C=O) groups excluding carboxylic acids is 1. The lowest BCUT2D eigenvalue weighted by atomic mass is 10.0. The average Bonchev–Trinajstić information content (AvgIpc) is 2.90. The number of aromatic amines is 1. The number of benzene rings is 2. The van der Waals surface area contributed by atoms with Crippen LogP contribution in [0.25, 0.3) is 22.2 Å². The van der Waals surface area contributed by atoms with Crippen LogP contribution >= 0.6 is 0 Å². The molecule has 0 spiro atoms. The van der Waals surface area contributed by atoms with Crippen molar-refractivity contribution in [2.45, 2.75) is 13.8 Å². The third kappa shape index (κ3) is 2.11. The van der Waals surface area contributed by atoms with Gasteiger partial charge in [0.05, 0.1) is 12.8 Å². The number of rotatable bonds is 3. The van der Waals surface area contributed by atoms with Crippen LogP contribution in [-0.4, -0.2) is 18.4 Å². The van der Waals surface area contributed by atoms with Gasteiger partial charge in [-0.25, -0.2) is 0 Å². The Balaban J connectivity index is 2.26. The predicted molar refractivity (Wildman–Crippen MR) is 85.1 cm³/mol. The van der Waals surface area contributed by atoms with Gasteiger partial charge in [0.25, 0.3) is 0 Å². The number of ether oxygens (including phenoxy) is 1. The van der Waals surface area contributed by atoms with Crippen molar-refractivity contribution in [1.82, 2.24) is 4.98 Å². The van der Waals surface area contributed by atoms with Gasteiger partial charge in [-0.2, -0.15) is 0 Å². The van der Waals surface area contributed by atoms with Crippen molar-refractivity contribution >= 4 is 17.2 Å². The quantitative estimate of drug-likeness (QED) is 0.727. The van der Waals surface area contributed by atoms with E-state index in [-0.39, 0.29) is 0 Å². The number of fused-ring (bicyclic) bond motifs is 1. The highest BCUT2D eigenvalue weighted by Crippen LogP contribution is 2.32. The number of H-pyrrole nitrogens is 1. The second-order valence-corrected chi connectivity index (χ2v) is 5.19. The molecule has 3 aromatic rings. The smallest absolute Gasteiger partial charge is 0.152 e. The number of methoxy groups -OCH3 is 1. The third-order valence-corrected chi connectivity index (χ3v) is 4.04. The third-order valence-electron chi connectivity index (χ3n) is 4.04. The summed E-state index contributed by atoms with van der Waals surface area (Å²) in [5.41, 5.74) is 5.96. The number of aryl methyl sites for hydroxylation is 2. The molecule has 2 aromatic carbocycles. The number of aldehydes is 1. The van der Waals surface area contributed by atoms with Gasteiger partial charge in [0, 0.05) is 16.5 Å². The molecule has 3 nitrogen and oxygen atoms in total. The molecule has 0 fully saturated rings. The van der Waals surface area contributed by atoms with Gasteiger partial charge >= 0.3 is 0 Å². The molecular formula is C18H17NO2. The summed E-state index contributed by atoms with van der Waals surface area (Å²) < 4.78 is 5.18. The highest BCUT2D eigenvalue weighted by molar-refractivity contribution is 6.05. The van der Waals surface area contributed by atoms with Crippen LogP contribution in [0.2, 0.25) is 0 Å². The molecule has 21 heavy (non-hydrogen) atoms. The highest BCUT2D eigenvalue weighted by Gasteiger charge is 2.14. The van der Waals surface area contributed by atoms with Gasteiger partial charge in [-0.05, 0) is 54.8 Å². The summed E-state index contributed by atoms with van der Waals surface area (Å²) in [4.78, 5) is 15.0. The summed E-state index contributed by atoms with van der Waals surface area (Å²) in [6.07, 6.45) is 0.924. The molecule has 0 aliphatic rings. The van der Waals surface area contributed by atoms with E-state index in [1.807, 2.05) is 30.3 Å². The molecule has 0 radical (unpaired) electrons. The maximum atomic E-state index is 11.6. The van der Waals surface area contributed by atoms with Gasteiger partial charge in [-0.15, -0.1) is 0 Å². The molecule has 0 amide bonds. The summed E-state index contributed by atoms with van der Waals surface area (Å²) >= 11 is 0. The Morgan fingerprint density at radius 1 is 1.05 bits per heavy atom. The molecule has 0 aliphatic carbocycles. The molecule has 3 rings (SSSR count). The normalized spacial score (nSPS) is 10.8. The van der Waals surface area contributed by atoms with Crippen LogP contribution in [-0.2, 0) is 0 Å². The van der Waals surface area contributed by atoms with Gasteiger partial charge in [-0.3, -0.25) is 4.79 Å². The number of carbonyl (C=O) groups is 1. The number of nitrogens with one attached hydrogen (secondary N) is 1. The van der Waals surface area contributed by atoms with Crippen molar-refractivity contribution in [1.29, 1.82) is 0 Å². The van der Waals surface area contributed by atoms with Crippen LogP contribution in [0.4, 0.5) is 0 Å². The van der Waals surface area contributed by atoms with Gasteiger partial charge in [0.15, 0.2) is 6.29 Å². The standard InChI is InChI=1S/C18H17NO2/c1-11-4-9-15-16(10-20)18(19-17(15)12(11)2)13-5-7-14(21-3)8-6-13/h4-10,19H,1-3H3. The van der Waals surface area contributed by atoms with Gasteiger partial charge in [0.1, 0.15) is 5.75 Å². The maximum absolute atomic E-state index is 11.6. The van der Waals surface area contributed by atoms with Crippen LogP contribution in [0.3, 0.4) is 0 Å². The molecule has 0 unspecified atom stereocenters. The molecule has 0 saturated heterocycles. The first-order chi connectivity index (χ1) is 10.2. The second-order valence-electron chi connectivity index (χ2n) is 5.19. The molecule has 1 aromatic heterocycles. The van der Waals surface area contributed by atoms with Crippen molar-refractivity contribution in [2.75, 3.05) is 7.11 Å². The van der Waals surface area contributed by atoms with Crippen molar-refractivity contribution in [3.8, 4) is 17.0 Å². The van der Waals surface area contributed by atoms with Crippen LogP contribution in [0, 0.1) is 13.8 Å². The Kier molecular flexibility index (Phi) is 3.26. The summed E-state index contributed by atoms with van der Waals surface area (Å²) in [6, 6.07) is 11.8. The zero-order valence-electron chi connectivity index (χ0n) is 12.4. The molecular weight excluding hydrogens is 262 g/mol. The topological polar surface area (TPSA) is 42.1 Å². The molecule has 0 atom stereocenters. The Morgan fingerprint density at radius 3 is 2.38 bits per heavy atom. The molecule has 106 valence electrons. The molecule has 0 saturated carbocycles. The molecule has 0 aliphatic heterocycles. The molecule has 0 bridgehead atoms. The molecule has 1 heterocycles. The zero-order chi connectivity index (χ0) is 15.0. The van der Waals surface area contributed by atoms with Gasteiger partial charge in [0.2, 0.25) is 0 Å². The first-order valence-corrected chi connectivity index (χ1v) is 6.87. The lowest BCUT2D eigenvalue weighted by Crippen LogP contribution is -1.86. The Morgan fingerprint density at radius 2 is 1.76 bits per heavy atom. The van der Waals surface area contributed by atoms with Crippen molar-refractivity contribution < 1.29 is 9.53 Å². The van der Waals surface area contributed by atoms with Crippen molar-refractivity contribution in [3.63, 3.8) is 0 Å². The van der Waals surface area contributed by atoms with E-state index >= 15 is 0 Å². The fraction of sp³-hybridized carbons (Fsp3) is 0.167. The van der Waals surface area contributed by atoms with Crippen LogP contribution < -0.4 is 4.74 Å². The van der Waals surface area contributed by atoms with Crippen LogP contribution in [0.1, 0.15) is 21.5 Å². The molecule has 1 N–H and O–H groups in total. The first kappa shape index (κ1) is 13.4. The SMILES string of the molecule is COc1ccc(-c2[nH]c3c(C)c(C)ccc3c2C=O)cc1. The fourth-order valence-corrected chi connectivity index (χ4v) is 2.64. The van der Waals surface area contributed by atoms with Crippen molar-refractivity contribution in [3.05, 3.63) is 53.1 Å². The maximum Gasteiger partial charge on any atom is 0.152 e. The lowest BCUT2D eigenvalue weighted by Gasteiger charge is -2.02. The minimum atomic E-state index is 0.707. The highest BCUT2D eigenvalue weighted by atomic mass is 16.5. The van der Waals surface area contributed by atoms with E-state index in [0.717, 1.165) is 34.2 Å². The van der Waals surface area contributed by atoms with Crippen LogP contribution in [0.15, 0.2) is 36.4 Å². The van der Waals surface area contributed by atoms with E-state index in [4.69, 9.17) is 4.74 Å². The van der Waals surface area contributed by atoms with E-state index in [1.165, 1.54) is 11.1 Å². The fourth-order valence-electron chi connectivity index (χ4n) is 2.64. The van der Waals surface area contributed by atoms with E-state index < -0.39 is 0 Å². The second kappa shape index (κ2) is 5.09. The van der Waals surface area contributed by atoms with E-state index in [1.54, 1.807) is 7.11 Å². The van der Waals surface area contributed by atoms with E-state index in [9.17, 15) is 4.79 Å². The van der Waals surface area contributed by atoms with E-state index in [2.05, 4.69) is 24.9 Å². The Bertz CT molecular complexity index is 813. The summed E-state index contributed by atoms with van der Waals surface area (Å²) in [5.74, 6) is 0.800. The summed E-state index contributed by atoms with van der Waals surface area (Å²) in [6.45, 7) is 4.14. The lowest BCUT2D eigenvalue weighted by molar-refractivity contribution is 0.112. The predicted octanol–water partition coefficient (Wildman–Crippen LogP) is 4.27. The van der Waals surface area contributed by atoms with Crippen molar-refractivity contribution in [2.24, 2.45) is 0 Å². The molecule has 3 heteroatoms. The average molecular weight is 279 g/mol. The Hall–Kier alpha value is -2.55. The minimum absolute atomic E-state index is 0.707.